The molecule has 0 spiro atoms. The van der Waals surface area contributed by atoms with Crippen molar-refractivity contribution in [2.75, 3.05) is 43.2 Å². The van der Waals surface area contributed by atoms with Crippen LogP contribution < -0.4 is 9.80 Å². The average Bonchev–Trinajstić information content (AvgIpc) is 3.24. The third-order valence-corrected chi connectivity index (χ3v) is 7.71. The van der Waals surface area contributed by atoms with Crippen molar-refractivity contribution in [2.45, 2.75) is 49.8 Å². The molecule has 2 unspecified atom stereocenters. The smallest absolute Gasteiger partial charge is 0.256 e. The maximum absolute atomic E-state index is 13.6. The Morgan fingerprint density at radius 1 is 1.03 bits per heavy atom. The topological polar surface area (TPSA) is 87.2 Å². The van der Waals surface area contributed by atoms with Gasteiger partial charge in [-0.3, -0.25) is 9.59 Å². The van der Waals surface area contributed by atoms with Crippen LogP contribution in [0.5, 0.6) is 0 Å². The number of fused-ring (bicyclic) bond motifs is 1. The van der Waals surface area contributed by atoms with E-state index in [0.717, 1.165) is 24.1 Å². The van der Waals surface area contributed by atoms with Crippen LogP contribution in [0.25, 0.3) is 11.1 Å². The molecule has 8 nitrogen and oxygen atoms in total. The van der Waals surface area contributed by atoms with Crippen LogP contribution in [-0.2, 0) is 24.2 Å². The fourth-order valence-corrected chi connectivity index (χ4v) is 5.62. The number of rotatable bonds is 5. The second-order valence-corrected chi connectivity index (χ2v) is 11.8. The fraction of sp³-hybridized carbons (Fsp3) is 0.462. The van der Waals surface area contributed by atoms with Crippen molar-refractivity contribution in [1.29, 1.82) is 0 Å². The lowest BCUT2D eigenvalue weighted by Crippen LogP contribution is -2.53. The zero-order chi connectivity index (χ0) is 25.5. The quantitative estimate of drug-likeness (QED) is 0.629. The predicted octanol–water partition coefficient (Wildman–Crippen LogP) is 2.95. The Labute approximate surface area is 207 Å². The summed E-state index contributed by atoms with van der Waals surface area (Å²) in [5.41, 5.74) is 3.00. The summed E-state index contributed by atoms with van der Waals surface area (Å²) in [6.07, 6.45) is 2.18. The van der Waals surface area contributed by atoms with E-state index in [4.69, 9.17) is 4.74 Å². The van der Waals surface area contributed by atoms with Gasteiger partial charge in [0.25, 0.3) is 5.91 Å². The Kier molecular flexibility index (Phi) is 7.04. The number of carbonyl (C=O) groups is 2. The van der Waals surface area contributed by atoms with Gasteiger partial charge >= 0.3 is 0 Å². The molecule has 9 heteroatoms. The minimum atomic E-state index is -3.29. The van der Waals surface area contributed by atoms with Crippen LogP contribution in [0.2, 0.25) is 0 Å². The van der Waals surface area contributed by atoms with Gasteiger partial charge in [0.15, 0.2) is 9.84 Å². The molecule has 2 aromatic carbocycles. The molecule has 2 aliphatic heterocycles. The van der Waals surface area contributed by atoms with Crippen molar-refractivity contribution in [2.24, 2.45) is 0 Å². The molecular weight excluding hydrogens is 466 g/mol. The lowest BCUT2D eigenvalue weighted by molar-refractivity contribution is -0.129. The molecule has 0 radical (unpaired) electrons. The fourth-order valence-electron chi connectivity index (χ4n) is 4.99. The lowest BCUT2D eigenvalue weighted by Gasteiger charge is -2.41. The van der Waals surface area contributed by atoms with Crippen LogP contribution in [-0.4, -0.2) is 76.8 Å². The first-order valence-corrected chi connectivity index (χ1v) is 13.7. The number of benzene rings is 2. The lowest BCUT2D eigenvalue weighted by atomic mass is 10.00. The van der Waals surface area contributed by atoms with Gasteiger partial charge in [-0.1, -0.05) is 18.2 Å². The first kappa shape index (κ1) is 25.3. The number of sulfone groups is 1. The Morgan fingerprint density at radius 3 is 2.29 bits per heavy atom. The van der Waals surface area contributed by atoms with Gasteiger partial charge in [0.1, 0.15) is 6.10 Å². The normalized spacial score (nSPS) is 22.4. The van der Waals surface area contributed by atoms with Crippen LogP contribution in [0.3, 0.4) is 0 Å². The number of anilines is 2. The van der Waals surface area contributed by atoms with E-state index < -0.39 is 15.9 Å². The summed E-state index contributed by atoms with van der Waals surface area (Å²) < 4.78 is 29.8. The molecular formula is C26H33N3O5S. The van der Waals surface area contributed by atoms with Crippen molar-refractivity contribution in [3.05, 3.63) is 42.5 Å². The van der Waals surface area contributed by atoms with E-state index >= 15 is 0 Å². The van der Waals surface area contributed by atoms with Gasteiger partial charge in [0, 0.05) is 26.3 Å². The molecule has 0 aliphatic carbocycles. The monoisotopic (exact) mass is 499 g/mol. The number of hydrogen-bond donors (Lipinski definition) is 0. The summed E-state index contributed by atoms with van der Waals surface area (Å²) in [5, 5.41) is 0. The highest BCUT2D eigenvalue weighted by atomic mass is 32.2. The molecule has 0 aromatic heterocycles. The second kappa shape index (κ2) is 9.72. The number of ether oxygens (including phenoxy) is 1. The van der Waals surface area contributed by atoms with Crippen molar-refractivity contribution < 1.29 is 22.7 Å². The molecule has 3 atom stereocenters. The predicted molar refractivity (Wildman–Crippen MR) is 136 cm³/mol. The van der Waals surface area contributed by atoms with Gasteiger partial charge in [0.2, 0.25) is 5.91 Å². The van der Waals surface area contributed by atoms with E-state index in [1.165, 1.54) is 13.2 Å². The Morgan fingerprint density at radius 2 is 1.69 bits per heavy atom. The van der Waals surface area contributed by atoms with E-state index in [0.29, 0.717) is 24.3 Å². The zero-order valence-corrected chi connectivity index (χ0v) is 21.7. The van der Waals surface area contributed by atoms with Crippen LogP contribution in [0.4, 0.5) is 11.4 Å². The molecule has 2 aromatic rings. The first-order valence-electron chi connectivity index (χ1n) is 11.8. The molecule has 2 heterocycles. The van der Waals surface area contributed by atoms with Crippen molar-refractivity contribution in [3.63, 3.8) is 0 Å². The Hall–Kier alpha value is -2.75. The standard InChI is InChI=1S/C26H33N3O5S/c1-17-15-28(26(31)25-13-9-21(34-25)16-27(3)4)24-14-20(8-12-23(24)29(17)18(2)30)19-6-10-22(11-7-19)35(5,32)33/h6-8,10-12,14,17,21,25H,9,13,15-16H2,1-5H3/t17-,21?,25?/m0/s1. The van der Waals surface area contributed by atoms with Gasteiger partial charge < -0.3 is 19.4 Å². The molecule has 35 heavy (non-hydrogen) atoms. The van der Waals surface area contributed by atoms with E-state index in [2.05, 4.69) is 4.90 Å². The molecule has 188 valence electrons. The van der Waals surface area contributed by atoms with E-state index in [-0.39, 0.29) is 28.9 Å². The van der Waals surface area contributed by atoms with E-state index in [1.54, 1.807) is 34.1 Å². The first-order chi connectivity index (χ1) is 16.5. The summed E-state index contributed by atoms with van der Waals surface area (Å²) in [4.78, 5) is 31.9. The Balaban J connectivity index is 1.70. The molecule has 0 saturated carbocycles. The highest BCUT2D eigenvalue weighted by Crippen LogP contribution is 2.40. The number of likely N-dealkylation sites (N-methyl/N-ethyl adjacent to an activating group) is 1. The molecule has 2 amide bonds. The van der Waals surface area contributed by atoms with Crippen LogP contribution >= 0.6 is 0 Å². The van der Waals surface area contributed by atoms with Gasteiger partial charge in [-0.05, 0) is 69.3 Å². The number of carbonyl (C=O) groups excluding carboxylic acids is 2. The van der Waals surface area contributed by atoms with Gasteiger partial charge in [-0.15, -0.1) is 0 Å². The maximum Gasteiger partial charge on any atom is 0.256 e. The minimum absolute atomic E-state index is 0.0223. The van der Waals surface area contributed by atoms with Crippen LogP contribution in [0.1, 0.15) is 26.7 Å². The molecule has 4 rings (SSSR count). The van der Waals surface area contributed by atoms with Gasteiger partial charge in [-0.2, -0.15) is 0 Å². The summed E-state index contributed by atoms with van der Waals surface area (Å²) in [6.45, 7) is 4.61. The highest BCUT2D eigenvalue weighted by Gasteiger charge is 2.39. The third kappa shape index (κ3) is 5.27. The summed E-state index contributed by atoms with van der Waals surface area (Å²) in [5.74, 6) is -0.175. The molecule has 0 N–H and O–H groups in total. The van der Waals surface area contributed by atoms with Crippen molar-refractivity contribution >= 4 is 33.0 Å². The minimum Gasteiger partial charge on any atom is -0.364 e. The second-order valence-electron chi connectivity index (χ2n) is 9.77. The van der Waals surface area contributed by atoms with Crippen molar-refractivity contribution in [3.8, 4) is 11.1 Å². The highest BCUT2D eigenvalue weighted by molar-refractivity contribution is 7.90. The largest absolute Gasteiger partial charge is 0.364 e. The summed E-state index contributed by atoms with van der Waals surface area (Å²) >= 11 is 0. The maximum atomic E-state index is 13.6. The van der Waals surface area contributed by atoms with E-state index in [1.807, 2.05) is 39.2 Å². The van der Waals surface area contributed by atoms with Crippen LogP contribution in [0.15, 0.2) is 47.4 Å². The van der Waals surface area contributed by atoms with Gasteiger partial charge in [0.05, 0.1) is 28.4 Å². The van der Waals surface area contributed by atoms with E-state index in [9.17, 15) is 18.0 Å². The summed E-state index contributed by atoms with van der Waals surface area (Å²) in [6, 6.07) is 12.1. The number of nitrogens with zero attached hydrogens (tertiary/aromatic N) is 3. The molecule has 2 aliphatic rings. The number of hydrogen-bond acceptors (Lipinski definition) is 6. The third-order valence-electron chi connectivity index (χ3n) is 6.59. The molecule has 0 bridgehead atoms. The summed E-state index contributed by atoms with van der Waals surface area (Å²) in [7, 11) is 0.680. The zero-order valence-electron chi connectivity index (χ0n) is 20.9. The average molecular weight is 500 g/mol. The SMILES string of the molecule is CC(=O)N1c2ccc(-c3ccc(S(C)(=O)=O)cc3)cc2N(C(=O)C2CCC(CN(C)C)O2)C[C@@H]1C. The number of amides is 2. The van der Waals surface area contributed by atoms with Crippen LogP contribution in [0, 0.1) is 0 Å². The molecule has 1 saturated heterocycles. The van der Waals surface area contributed by atoms with Crippen molar-refractivity contribution in [1.82, 2.24) is 4.90 Å². The molecule has 1 fully saturated rings. The van der Waals surface area contributed by atoms with Gasteiger partial charge in [-0.25, -0.2) is 8.42 Å². The Bertz CT molecular complexity index is 1230.